The van der Waals surface area contributed by atoms with E-state index in [0.717, 1.165) is 28.9 Å². The zero-order valence-electron chi connectivity index (χ0n) is 15.7. The minimum atomic E-state index is -0.114. The molecule has 2 aliphatic heterocycles. The van der Waals surface area contributed by atoms with Gasteiger partial charge in [0.1, 0.15) is 12.4 Å². The summed E-state index contributed by atoms with van der Waals surface area (Å²) in [6.45, 7) is 6.31. The molecule has 0 aromatic heterocycles. The van der Waals surface area contributed by atoms with E-state index >= 15 is 0 Å². The average Bonchev–Trinajstić information content (AvgIpc) is 3.20. The smallest absolute Gasteiger partial charge is 0.260 e. The second kappa shape index (κ2) is 7.18. The zero-order valence-corrected chi connectivity index (χ0v) is 15.7. The van der Waals surface area contributed by atoms with Gasteiger partial charge in [-0.15, -0.1) is 0 Å². The van der Waals surface area contributed by atoms with Gasteiger partial charge in [-0.3, -0.25) is 9.69 Å². The first kappa shape index (κ1) is 17.8. The molecule has 0 saturated heterocycles. The van der Waals surface area contributed by atoms with Gasteiger partial charge in [-0.2, -0.15) is 0 Å². The molecule has 0 fully saturated rings. The third-order valence-corrected chi connectivity index (χ3v) is 5.19. The first-order valence-electron chi connectivity index (χ1n) is 9.33. The zero-order chi connectivity index (χ0) is 19.0. The topological polar surface area (TPSA) is 61.8 Å². The van der Waals surface area contributed by atoms with E-state index in [1.165, 1.54) is 5.56 Å². The molecule has 2 N–H and O–H groups in total. The van der Waals surface area contributed by atoms with Crippen molar-refractivity contribution in [3.05, 3.63) is 64.7 Å². The molecule has 0 bridgehead atoms. The van der Waals surface area contributed by atoms with Crippen molar-refractivity contribution in [3.8, 4) is 0 Å². The molecule has 27 heavy (non-hydrogen) atoms. The molecule has 0 atom stereocenters. The lowest BCUT2D eigenvalue weighted by Gasteiger charge is -2.25. The molecule has 140 valence electrons. The quantitative estimate of drug-likeness (QED) is 0.800. The van der Waals surface area contributed by atoms with Crippen LogP contribution in [0.25, 0.3) is 11.3 Å². The van der Waals surface area contributed by atoms with Gasteiger partial charge < -0.3 is 15.2 Å². The van der Waals surface area contributed by atoms with Gasteiger partial charge in [0.05, 0.1) is 12.2 Å². The number of nitrogens with zero attached hydrogens (tertiary/aromatic N) is 1. The highest BCUT2D eigenvalue weighted by molar-refractivity contribution is 6.36. The second-order valence-corrected chi connectivity index (χ2v) is 7.27. The van der Waals surface area contributed by atoms with Crippen LogP contribution in [0.3, 0.4) is 0 Å². The Morgan fingerprint density at radius 2 is 2.00 bits per heavy atom. The van der Waals surface area contributed by atoms with E-state index in [1.54, 1.807) is 0 Å². The molecule has 2 heterocycles. The van der Waals surface area contributed by atoms with Crippen molar-refractivity contribution in [3.63, 3.8) is 0 Å². The van der Waals surface area contributed by atoms with E-state index in [1.807, 2.05) is 30.3 Å². The van der Waals surface area contributed by atoms with Crippen molar-refractivity contribution < 1.29 is 14.6 Å². The predicted octanol–water partition coefficient (Wildman–Crippen LogP) is 3.24. The minimum absolute atomic E-state index is 0.114. The van der Waals surface area contributed by atoms with Crippen molar-refractivity contribution in [2.75, 3.05) is 18.5 Å². The molecular formula is C22H24N2O3. The fraction of sp³-hybridized carbons (Fsp3) is 0.318. The van der Waals surface area contributed by atoms with Crippen LogP contribution in [0.1, 0.15) is 36.1 Å². The van der Waals surface area contributed by atoms with Gasteiger partial charge in [-0.25, -0.2) is 0 Å². The van der Waals surface area contributed by atoms with Crippen LogP contribution in [0.5, 0.6) is 0 Å². The summed E-state index contributed by atoms with van der Waals surface area (Å²) < 4.78 is 5.95. The number of aliphatic hydroxyl groups is 1. The summed E-state index contributed by atoms with van der Waals surface area (Å²) in [5, 5.41) is 12.2. The summed E-state index contributed by atoms with van der Waals surface area (Å²) in [6, 6.07) is 14.3. The largest absolute Gasteiger partial charge is 0.487 e. The summed E-state index contributed by atoms with van der Waals surface area (Å²) in [6.07, 6.45) is 0. The monoisotopic (exact) mass is 364 g/mol. The maximum Gasteiger partial charge on any atom is 0.260 e. The van der Waals surface area contributed by atoms with Crippen molar-refractivity contribution >= 4 is 22.9 Å². The van der Waals surface area contributed by atoms with Crippen molar-refractivity contribution in [1.82, 2.24) is 4.90 Å². The van der Waals surface area contributed by atoms with E-state index in [4.69, 9.17) is 4.74 Å². The third-order valence-electron chi connectivity index (χ3n) is 5.19. The molecule has 2 aromatic rings. The lowest BCUT2D eigenvalue weighted by Crippen LogP contribution is -2.32. The Morgan fingerprint density at radius 3 is 2.78 bits per heavy atom. The molecule has 0 saturated carbocycles. The van der Waals surface area contributed by atoms with E-state index in [-0.39, 0.29) is 12.5 Å². The van der Waals surface area contributed by atoms with Crippen LogP contribution in [-0.4, -0.2) is 35.1 Å². The van der Waals surface area contributed by atoms with Crippen LogP contribution in [0.4, 0.5) is 5.69 Å². The molecule has 4 rings (SSSR count). The normalized spacial score (nSPS) is 17.9. The number of anilines is 1. The lowest BCUT2D eigenvalue weighted by molar-refractivity contribution is -0.110. The molecule has 5 nitrogen and oxygen atoms in total. The van der Waals surface area contributed by atoms with Gasteiger partial charge >= 0.3 is 0 Å². The lowest BCUT2D eigenvalue weighted by atomic mass is 9.99. The standard InChI is InChI=1S/C22H24N2O3/c1-14(2)24(9-10-25)12-15-7-8-17-16(11-15)13-27-21(17)20-18-5-3-4-6-19(18)23-22(20)26/h3-8,11,14,25H,9-10,12-13H2,1-2H3,(H,23,26)/b21-20+. The first-order valence-corrected chi connectivity index (χ1v) is 9.33. The van der Waals surface area contributed by atoms with E-state index in [9.17, 15) is 9.90 Å². The third kappa shape index (κ3) is 3.24. The molecular weight excluding hydrogens is 340 g/mol. The van der Waals surface area contributed by atoms with Gasteiger partial charge in [0, 0.05) is 41.5 Å². The SMILES string of the molecule is CC(C)N(CCO)Cc1ccc2c(c1)CO/C2=C1/C(=O)Nc2ccccc21. The number of benzene rings is 2. The summed E-state index contributed by atoms with van der Waals surface area (Å²) in [5.74, 6) is 0.548. The Morgan fingerprint density at radius 1 is 1.19 bits per heavy atom. The molecule has 0 unspecified atom stereocenters. The second-order valence-electron chi connectivity index (χ2n) is 7.27. The van der Waals surface area contributed by atoms with Crippen molar-refractivity contribution in [2.45, 2.75) is 33.0 Å². The first-order chi connectivity index (χ1) is 13.1. The van der Waals surface area contributed by atoms with Crippen LogP contribution < -0.4 is 5.32 Å². The summed E-state index contributed by atoms with van der Waals surface area (Å²) in [7, 11) is 0. The van der Waals surface area contributed by atoms with Gasteiger partial charge in [0.25, 0.3) is 5.91 Å². The van der Waals surface area contributed by atoms with Crippen molar-refractivity contribution in [2.24, 2.45) is 0 Å². The van der Waals surface area contributed by atoms with Crippen LogP contribution in [0.2, 0.25) is 0 Å². The number of nitrogens with one attached hydrogen (secondary N) is 1. The minimum Gasteiger partial charge on any atom is -0.487 e. The Bertz CT molecular complexity index is 918. The number of ether oxygens (including phenoxy) is 1. The van der Waals surface area contributed by atoms with Crippen LogP contribution in [0, 0.1) is 0 Å². The predicted molar refractivity (Wildman–Crippen MR) is 106 cm³/mol. The summed E-state index contributed by atoms with van der Waals surface area (Å²) in [4.78, 5) is 14.7. The number of amides is 1. The van der Waals surface area contributed by atoms with Gasteiger partial charge in [0.15, 0.2) is 0 Å². The molecule has 2 aromatic carbocycles. The highest BCUT2D eigenvalue weighted by Crippen LogP contribution is 2.41. The molecule has 1 amide bonds. The number of fused-ring (bicyclic) bond motifs is 2. The van der Waals surface area contributed by atoms with Crippen LogP contribution in [-0.2, 0) is 22.7 Å². The molecule has 0 aliphatic carbocycles. The number of hydrogen-bond acceptors (Lipinski definition) is 4. The summed E-state index contributed by atoms with van der Waals surface area (Å²) >= 11 is 0. The van der Waals surface area contributed by atoms with Gasteiger partial charge in [-0.1, -0.05) is 36.4 Å². The van der Waals surface area contributed by atoms with Crippen LogP contribution >= 0.6 is 0 Å². The number of para-hydroxylation sites is 1. The van der Waals surface area contributed by atoms with Crippen molar-refractivity contribution in [1.29, 1.82) is 0 Å². The molecule has 0 spiro atoms. The Labute approximate surface area is 159 Å². The molecule has 2 aliphatic rings. The van der Waals surface area contributed by atoms with Gasteiger partial charge in [0.2, 0.25) is 0 Å². The fourth-order valence-corrected chi connectivity index (χ4v) is 3.75. The number of carbonyl (C=O) groups is 1. The Hall–Kier alpha value is -2.63. The Balaban J connectivity index is 1.67. The van der Waals surface area contributed by atoms with Gasteiger partial charge in [-0.05, 0) is 25.5 Å². The molecule has 5 heteroatoms. The maximum absolute atomic E-state index is 12.5. The fourth-order valence-electron chi connectivity index (χ4n) is 3.75. The number of aliphatic hydroxyl groups excluding tert-OH is 1. The van der Waals surface area contributed by atoms with E-state index in [0.29, 0.717) is 30.5 Å². The maximum atomic E-state index is 12.5. The number of hydrogen-bond donors (Lipinski definition) is 2. The Kier molecular flexibility index (Phi) is 4.72. The van der Waals surface area contributed by atoms with E-state index < -0.39 is 0 Å². The summed E-state index contributed by atoms with van der Waals surface area (Å²) in [5.41, 5.74) is 5.60. The number of rotatable bonds is 5. The van der Waals surface area contributed by atoms with Crippen LogP contribution in [0.15, 0.2) is 42.5 Å². The highest BCUT2D eigenvalue weighted by Gasteiger charge is 2.32. The van der Waals surface area contributed by atoms with E-state index in [2.05, 4.69) is 36.2 Å². The highest BCUT2D eigenvalue weighted by atomic mass is 16.5. The average molecular weight is 364 g/mol. The molecule has 0 radical (unpaired) electrons. The number of carbonyl (C=O) groups excluding carboxylic acids is 1.